The van der Waals surface area contributed by atoms with Crippen LogP contribution < -0.4 is 4.57 Å². The van der Waals surface area contributed by atoms with Crippen LogP contribution in [0.3, 0.4) is 0 Å². The normalized spacial score (nSPS) is 10.9. The summed E-state index contributed by atoms with van der Waals surface area (Å²) in [5.41, 5.74) is 5.03. The van der Waals surface area contributed by atoms with Gasteiger partial charge in [-0.1, -0.05) is 30.3 Å². The van der Waals surface area contributed by atoms with Crippen LogP contribution in [0.5, 0.6) is 0 Å². The van der Waals surface area contributed by atoms with E-state index in [1.807, 2.05) is 73.3 Å². The summed E-state index contributed by atoms with van der Waals surface area (Å²) in [5, 5.41) is 0. The first kappa shape index (κ1) is 18.0. The number of aromatic nitrogens is 2. The number of carbonyl (C=O) groups excluding carboxylic acids is 1. The summed E-state index contributed by atoms with van der Waals surface area (Å²) >= 11 is 0. The molecule has 4 nitrogen and oxygen atoms in total. The van der Waals surface area contributed by atoms with Gasteiger partial charge in [0, 0.05) is 28.6 Å². The van der Waals surface area contributed by atoms with Crippen LogP contribution in [-0.2, 0) is 13.1 Å². The van der Waals surface area contributed by atoms with Gasteiger partial charge < -0.3 is 8.98 Å². The second kappa shape index (κ2) is 7.69. The average molecular weight is 371 g/mol. The SMILES string of the molecule is Cc1cc(C(=O)C[n+]2cccc(-c3ccccc3)c2)c(C)n1Cc1ccco1. The third-order valence-corrected chi connectivity index (χ3v) is 5.06. The van der Waals surface area contributed by atoms with Gasteiger partial charge in [0.15, 0.2) is 12.4 Å². The summed E-state index contributed by atoms with van der Waals surface area (Å²) in [6.07, 6.45) is 5.63. The summed E-state index contributed by atoms with van der Waals surface area (Å²) in [7, 11) is 0. The second-order valence-corrected chi connectivity index (χ2v) is 7.00. The summed E-state index contributed by atoms with van der Waals surface area (Å²) in [5.74, 6) is 0.986. The molecule has 0 unspecified atom stereocenters. The Bertz CT molecular complexity index is 1090. The lowest BCUT2D eigenvalue weighted by atomic mass is 10.1. The van der Waals surface area contributed by atoms with E-state index in [4.69, 9.17) is 4.42 Å². The molecular formula is C24H23N2O2+. The zero-order chi connectivity index (χ0) is 19.5. The molecule has 0 atom stereocenters. The fourth-order valence-corrected chi connectivity index (χ4v) is 3.56. The van der Waals surface area contributed by atoms with Gasteiger partial charge in [-0.25, -0.2) is 0 Å². The maximum absolute atomic E-state index is 13.0. The van der Waals surface area contributed by atoms with Gasteiger partial charge in [-0.15, -0.1) is 0 Å². The maximum Gasteiger partial charge on any atom is 0.229 e. The Morgan fingerprint density at radius 3 is 2.54 bits per heavy atom. The van der Waals surface area contributed by atoms with Gasteiger partial charge in [0.05, 0.1) is 12.8 Å². The number of hydrogen-bond donors (Lipinski definition) is 0. The van der Waals surface area contributed by atoms with E-state index in [0.717, 1.165) is 33.8 Å². The highest BCUT2D eigenvalue weighted by Gasteiger charge is 2.20. The number of Topliss-reactive ketones (excluding diaryl/α,β-unsaturated/α-hetero) is 1. The summed E-state index contributed by atoms with van der Waals surface area (Å²) in [6.45, 7) is 4.96. The van der Waals surface area contributed by atoms with Crippen molar-refractivity contribution in [1.29, 1.82) is 0 Å². The molecule has 0 aliphatic carbocycles. The average Bonchev–Trinajstić information content (AvgIpc) is 3.33. The molecule has 4 heteroatoms. The van der Waals surface area contributed by atoms with Gasteiger partial charge >= 0.3 is 0 Å². The molecule has 0 aliphatic rings. The van der Waals surface area contributed by atoms with Crippen LogP contribution in [0.2, 0.25) is 0 Å². The molecule has 0 bridgehead atoms. The van der Waals surface area contributed by atoms with Crippen molar-refractivity contribution in [2.45, 2.75) is 26.9 Å². The molecule has 4 rings (SSSR count). The number of ketones is 1. The van der Waals surface area contributed by atoms with E-state index in [1.54, 1.807) is 6.26 Å². The number of carbonyl (C=O) groups is 1. The molecular weight excluding hydrogens is 348 g/mol. The van der Waals surface area contributed by atoms with E-state index in [0.29, 0.717) is 13.1 Å². The van der Waals surface area contributed by atoms with Crippen molar-refractivity contribution in [3.8, 4) is 11.1 Å². The molecule has 0 radical (unpaired) electrons. The number of furan rings is 1. The van der Waals surface area contributed by atoms with Crippen molar-refractivity contribution in [2.75, 3.05) is 0 Å². The molecule has 0 aliphatic heterocycles. The first-order valence-electron chi connectivity index (χ1n) is 9.38. The van der Waals surface area contributed by atoms with Crippen molar-refractivity contribution < 1.29 is 13.8 Å². The minimum Gasteiger partial charge on any atom is -0.467 e. The smallest absolute Gasteiger partial charge is 0.229 e. The van der Waals surface area contributed by atoms with Crippen molar-refractivity contribution in [1.82, 2.24) is 4.57 Å². The lowest BCUT2D eigenvalue weighted by Gasteiger charge is -2.07. The summed E-state index contributed by atoms with van der Waals surface area (Å²) in [6, 6.07) is 20.0. The van der Waals surface area contributed by atoms with Crippen molar-refractivity contribution in [3.05, 3.63) is 102 Å². The number of rotatable bonds is 6. The number of pyridine rings is 1. The van der Waals surface area contributed by atoms with Gasteiger partial charge in [0.25, 0.3) is 0 Å². The number of nitrogens with zero attached hydrogens (tertiary/aromatic N) is 2. The lowest BCUT2D eigenvalue weighted by Crippen LogP contribution is -2.37. The Morgan fingerprint density at radius 1 is 1.00 bits per heavy atom. The highest BCUT2D eigenvalue weighted by Crippen LogP contribution is 2.19. The molecule has 0 saturated heterocycles. The fraction of sp³-hybridized carbons (Fsp3) is 0.167. The monoisotopic (exact) mass is 371 g/mol. The number of hydrogen-bond acceptors (Lipinski definition) is 2. The predicted molar refractivity (Wildman–Crippen MR) is 108 cm³/mol. The van der Waals surface area contributed by atoms with E-state index in [2.05, 4.69) is 22.8 Å². The van der Waals surface area contributed by atoms with Gasteiger partial charge in [-0.2, -0.15) is 4.57 Å². The van der Waals surface area contributed by atoms with Crippen LogP contribution in [-0.4, -0.2) is 10.4 Å². The third kappa shape index (κ3) is 3.67. The van der Waals surface area contributed by atoms with Gasteiger partial charge in [-0.3, -0.25) is 4.79 Å². The van der Waals surface area contributed by atoms with E-state index in [9.17, 15) is 4.79 Å². The van der Waals surface area contributed by atoms with Crippen LogP contribution in [0.1, 0.15) is 27.5 Å². The Balaban J connectivity index is 1.56. The van der Waals surface area contributed by atoms with Crippen LogP contribution >= 0.6 is 0 Å². The summed E-state index contributed by atoms with van der Waals surface area (Å²) in [4.78, 5) is 13.0. The van der Waals surface area contributed by atoms with E-state index in [1.165, 1.54) is 0 Å². The quantitative estimate of drug-likeness (QED) is 0.367. The molecule has 140 valence electrons. The Morgan fingerprint density at radius 2 is 1.79 bits per heavy atom. The highest BCUT2D eigenvalue weighted by atomic mass is 16.3. The number of benzene rings is 1. The Labute approximate surface area is 164 Å². The maximum atomic E-state index is 13.0. The van der Waals surface area contributed by atoms with Crippen LogP contribution in [0.15, 0.2) is 83.7 Å². The minimum absolute atomic E-state index is 0.106. The molecule has 4 aromatic rings. The fourth-order valence-electron chi connectivity index (χ4n) is 3.56. The largest absolute Gasteiger partial charge is 0.467 e. The highest BCUT2D eigenvalue weighted by molar-refractivity contribution is 5.96. The van der Waals surface area contributed by atoms with Crippen molar-refractivity contribution in [2.24, 2.45) is 0 Å². The number of aryl methyl sites for hydroxylation is 1. The molecule has 28 heavy (non-hydrogen) atoms. The van der Waals surface area contributed by atoms with Gasteiger partial charge in [0.2, 0.25) is 12.3 Å². The third-order valence-electron chi connectivity index (χ3n) is 5.06. The van der Waals surface area contributed by atoms with E-state index >= 15 is 0 Å². The molecule has 0 spiro atoms. The molecule has 1 aromatic carbocycles. The molecule has 3 heterocycles. The summed E-state index contributed by atoms with van der Waals surface area (Å²) < 4.78 is 9.53. The van der Waals surface area contributed by atoms with Crippen molar-refractivity contribution in [3.63, 3.8) is 0 Å². The standard InChI is InChI=1S/C24H23N2O2/c1-18-14-23(19(2)26(18)16-22-11-7-13-28-22)24(27)17-25-12-6-10-21(15-25)20-8-4-3-5-9-20/h3-15H,16-17H2,1-2H3/q+1. The van der Waals surface area contributed by atoms with E-state index in [-0.39, 0.29) is 5.78 Å². The Kier molecular flexibility index (Phi) is 4.94. The van der Waals surface area contributed by atoms with E-state index < -0.39 is 0 Å². The van der Waals surface area contributed by atoms with Gasteiger partial charge in [-0.05, 0) is 43.7 Å². The zero-order valence-electron chi connectivity index (χ0n) is 16.1. The second-order valence-electron chi connectivity index (χ2n) is 7.00. The first-order valence-corrected chi connectivity index (χ1v) is 9.38. The lowest BCUT2D eigenvalue weighted by molar-refractivity contribution is -0.682. The molecule has 0 amide bonds. The topological polar surface area (TPSA) is 39.0 Å². The molecule has 0 N–H and O–H groups in total. The minimum atomic E-state index is 0.106. The van der Waals surface area contributed by atoms with Crippen LogP contribution in [0.25, 0.3) is 11.1 Å². The van der Waals surface area contributed by atoms with Crippen LogP contribution in [0, 0.1) is 13.8 Å². The first-order chi connectivity index (χ1) is 13.6. The Hall–Kier alpha value is -3.40. The van der Waals surface area contributed by atoms with Gasteiger partial charge in [0.1, 0.15) is 5.76 Å². The molecule has 0 saturated carbocycles. The predicted octanol–water partition coefficient (Wildman–Crippen LogP) is 4.58. The van der Waals surface area contributed by atoms with Crippen LogP contribution in [0.4, 0.5) is 0 Å². The van der Waals surface area contributed by atoms with Crippen molar-refractivity contribution >= 4 is 5.78 Å². The molecule has 0 fully saturated rings. The zero-order valence-corrected chi connectivity index (χ0v) is 16.1. The molecule has 3 aromatic heterocycles.